The molecule has 0 bridgehead atoms. The monoisotopic (exact) mass is 227 g/mol. The fourth-order valence-electron chi connectivity index (χ4n) is 1.93. The van der Waals surface area contributed by atoms with Crippen molar-refractivity contribution < 1.29 is 0 Å². The van der Waals surface area contributed by atoms with Crippen molar-refractivity contribution in [3.8, 4) is 0 Å². The molecule has 4 heteroatoms. The molecule has 0 amide bonds. The molecule has 0 unspecified atom stereocenters. The topological polar surface area (TPSA) is 21.1 Å². The minimum Gasteiger partial charge on any atom is -0.299 e. The standard InChI is InChI=1S/C11H18ClN3/c1-14-10(4-7-13-14)5-8-15(9-6-12)11-2-3-11/h4,7,11H,2-3,5-6,8-9H2,1H3. The number of hydrogen-bond acceptors (Lipinski definition) is 2. The van der Waals surface area contributed by atoms with Crippen LogP contribution in [0.4, 0.5) is 0 Å². The van der Waals surface area contributed by atoms with Crippen LogP contribution in [0.2, 0.25) is 0 Å². The summed E-state index contributed by atoms with van der Waals surface area (Å²) in [7, 11) is 2.00. The lowest BCUT2D eigenvalue weighted by molar-refractivity contribution is 0.281. The van der Waals surface area contributed by atoms with Crippen LogP contribution in [-0.2, 0) is 13.5 Å². The first-order valence-corrected chi connectivity index (χ1v) is 6.11. The summed E-state index contributed by atoms with van der Waals surface area (Å²) in [5, 5.41) is 4.17. The summed E-state index contributed by atoms with van der Waals surface area (Å²) >= 11 is 5.80. The Morgan fingerprint density at radius 2 is 2.33 bits per heavy atom. The molecule has 1 fully saturated rings. The van der Waals surface area contributed by atoms with E-state index in [4.69, 9.17) is 11.6 Å². The molecule has 0 atom stereocenters. The Bertz CT molecular complexity index is 307. The molecule has 1 heterocycles. The fourth-order valence-corrected chi connectivity index (χ4v) is 2.15. The van der Waals surface area contributed by atoms with E-state index in [1.807, 2.05) is 17.9 Å². The number of alkyl halides is 1. The van der Waals surface area contributed by atoms with Crippen LogP contribution in [0.5, 0.6) is 0 Å². The second kappa shape index (κ2) is 4.99. The van der Waals surface area contributed by atoms with Crippen LogP contribution in [0.15, 0.2) is 12.3 Å². The molecule has 15 heavy (non-hydrogen) atoms. The Labute approximate surface area is 96.0 Å². The minimum absolute atomic E-state index is 0.738. The number of aryl methyl sites for hydroxylation is 1. The first-order valence-electron chi connectivity index (χ1n) is 5.58. The SMILES string of the molecule is Cn1nccc1CCN(CCCl)C1CC1. The Morgan fingerprint density at radius 3 is 2.87 bits per heavy atom. The normalized spacial score (nSPS) is 16.2. The van der Waals surface area contributed by atoms with Gasteiger partial charge in [0.05, 0.1) is 0 Å². The van der Waals surface area contributed by atoms with Crippen LogP contribution in [0, 0.1) is 0 Å². The molecular weight excluding hydrogens is 210 g/mol. The van der Waals surface area contributed by atoms with Gasteiger partial charge in [0.25, 0.3) is 0 Å². The van der Waals surface area contributed by atoms with Gasteiger partial charge < -0.3 is 0 Å². The molecule has 1 aliphatic rings. The van der Waals surface area contributed by atoms with Gasteiger partial charge in [0.15, 0.2) is 0 Å². The van der Waals surface area contributed by atoms with Gasteiger partial charge in [-0.25, -0.2) is 0 Å². The average Bonchev–Trinajstić information content (AvgIpc) is 2.98. The predicted molar refractivity (Wildman–Crippen MR) is 62.2 cm³/mol. The quantitative estimate of drug-likeness (QED) is 0.690. The summed E-state index contributed by atoms with van der Waals surface area (Å²) in [6, 6.07) is 2.89. The van der Waals surface area contributed by atoms with Crippen LogP contribution in [0.3, 0.4) is 0 Å². The minimum atomic E-state index is 0.738. The van der Waals surface area contributed by atoms with Crippen LogP contribution in [0.25, 0.3) is 0 Å². The van der Waals surface area contributed by atoms with Crippen LogP contribution >= 0.6 is 11.6 Å². The predicted octanol–water partition coefficient (Wildman–Crippen LogP) is 1.67. The van der Waals surface area contributed by atoms with E-state index in [0.717, 1.165) is 31.4 Å². The number of rotatable bonds is 6. The van der Waals surface area contributed by atoms with Crippen molar-refractivity contribution in [1.82, 2.24) is 14.7 Å². The molecule has 2 rings (SSSR count). The highest BCUT2D eigenvalue weighted by molar-refractivity contribution is 6.18. The third-order valence-electron chi connectivity index (χ3n) is 3.01. The van der Waals surface area contributed by atoms with Crippen LogP contribution < -0.4 is 0 Å². The molecule has 0 radical (unpaired) electrons. The molecule has 84 valence electrons. The van der Waals surface area contributed by atoms with Gasteiger partial charge in [-0.15, -0.1) is 11.6 Å². The molecule has 1 aromatic rings. The Hall–Kier alpha value is -0.540. The summed E-state index contributed by atoms with van der Waals surface area (Å²) in [6.07, 6.45) is 5.63. The van der Waals surface area contributed by atoms with Crippen molar-refractivity contribution in [2.45, 2.75) is 25.3 Å². The molecule has 1 aliphatic carbocycles. The maximum Gasteiger partial charge on any atom is 0.0492 e. The molecule has 0 aromatic carbocycles. The molecule has 0 spiro atoms. The second-order valence-corrected chi connectivity index (χ2v) is 4.53. The number of nitrogens with zero attached hydrogens (tertiary/aromatic N) is 3. The van der Waals surface area contributed by atoms with E-state index in [-0.39, 0.29) is 0 Å². The maximum atomic E-state index is 5.80. The van der Waals surface area contributed by atoms with Gasteiger partial charge in [-0.1, -0.05) is 0 Å². The van der Waals surface area contributed by atoms with E-state index in [0.29, 0.717) is 0 Å². The van der Waals surface area contributed by atoms with Crippen LogP contribution in [-0.4, -0.2) is 39.7 Å². The Morgan fingerprint density at radius 1 is 1.53 bits per heavy atom. The summed E-state index contributed by atoms with van der Waals surface area (Å²) in [6.45, 7) is 2.13. The van der Waals surface area contributed by atoms with Gasteiger partial charge in [0, 0.05) is 50.4 Å². The second-order valence-electron chi connectivity index (χ2n) is 4.15. The van der Waals surface area contributed by atoms with E-state index in [1.54, 1.807) is 0 Å². The smallest absolute Gasteiger partial charge is 0.0492 e. The van der Waals surface area contributed by atoms with Crippen molar-refractivity contribution in [3.63, 3.8) is 0 Å². The van der Waals surface area contributed by atoms with Gasteiger partial charge in [-0.05, 0) is 18.9 Å². The lowest BCUT2D eigenvalue weighted by Gasteiger charge is -2.20. The summed E-state index contributed by atoms with van der Waals surface area (Å²) in [5.41, 5.74) is 1.30. The van der Waals surface area contributed by atoms with E-state index in [1.165, 1.54) is 18.5 Å². The average molecular weight is 228 g/mol. The van der Waals surface area contributed by atoms with Crippen molar-refractivity contribution in [1.29, 1.82) is 0 Å². The molecule has 3 nitrogen and oxygen atoms in total. The third-order valence-corrected chi connectivity index (χ3v) is 3.18. The molecule has 1 aromatic heterocycles. The first kappa shape index (κ1) is 11.0. The number of hydrogen-bond donors (Lipinski definition) is 0. The van der Waals surface area contributed by atoms with E-state index in [9.17, 15) is 0 Å². The molecule has 0 N–H and O–H groups in total. The van der Waals surface area contributed by atoms with Crippen molar-refractivity contribution in [2.75, 3.05) is 19.0 Å². The van der Waals surface area contributed by atoms with Gasteiger partial charge in [-0.2, -0.15) is 5.10 Å². The van der Waals surface area contributed by atoms with Crippen molar-refractivity contribution in [2.24, 2.45) is 7.05 Å². The summed E-state index contributed by atoms with van der Waals surface area (Å²) < 4.78 is 1.95. The van der Waals surface area contributed by atoms with Crippen molar-refractivity contribution >= 4 is 11.6 Å². The van der Waals surface area contributed by atoms with E-state index >= 15 is 0 Å². The highest BCUT2D eigenvalue weighted by atomic mass is 35.5. The zero-order valence-electron chi connectivity index (χ0n) is 9.19. The van der Waals surface area contributed by atoms with Gasteiger partial charge in [-0.3, -0.25) is 9.58 Å². The molecular formula is C11H18ClN3. The molecule has 1 saturated carbocycles. The maximum absolute atomic E-state index is 5.80. The Balaban J connectivity index is 1.82. The van der Waals surface area contributed by atoms with Gasteiger partial charge in [0.2, 0.25) is 0 Å². The number of aromatic nitrogens is 2. The summed E-state index contributed by atoms with van der Waals surface area (Å²) in [5.74, 6) is 0.738. The van der Waals surface area contributed by atoms with Crippen LogP contribution in [0.1, 0.15) is 18.5 Å². The number of halogens is 1. The van der Waals surface area contributed by atoms with Gasteiger partial charge >= 0.3 is 0 Å². The molecule has 0 saturated heterocycles. The first-order chi connectivity index (χ1) is 7.31. The zero-order valence-corrected chi connectivity index (χ0v) is 9.95. The lowest BCUT2D eigenvalue weighted by atomic mass is 10.3. The van der Waals surface area contributed by atoms with E-state index in [2.05, 4.69) is 16.1 Å². The lowest BCUT2D eigenvalue weighted by Crippen LogP contribution is -2.30. The highest BCUT2D eigenvalue weighted by Gasteiger charge is 2.28. The third kappa shape index (κ3) is 2.95. The van der Waals surface area contributed by atoms with Gasteiger partial charge in [0.1, 0.15) is 0 Å². The van der Waals surface area contributed by atoms with Crippen molar-refractivity contribution in [3.05, 3.63) is 18.0 Å². The Kier molecular flexibility index (Phi) is 3.65. The molecule has 0 aliphatic heterocycles. The highest BCUT2D eigenvalue weighted by Crippen LogP contribution is 2.26. The largest absolute Gasteiger partial charge is 0.299 e. The fraction of sp³-hybridized carbons (Fsp3) is 0.727. The van der Waals surface area contributed by atoms with E-state index < -0.39 is 0 Å². The summed E-state index contributed by atoms with van der Waals surface area (Å²) in [4.78, 5) is 2.50. The zero-order chi connectivity index (χ0) is 10.7.